The highest BCUT2D eigenvalue weighted by Gasteiger charge is 2.29. The van der Waals surface area contributed by atoms with Crippen LogP contribution in [0.4, 0.5) is 16.0 Å². The number of amides is 1. The molecule has 0 unspecified atom stereocenters. The van der Waals surface area contributed by atoms with E-state index >= 15 is 0 Å². The minimum atomic E-state index is -1.45. The van der Waals surface area contributed by atoms with Crippen molar-refractivity contribution < 1.29 is 14.3 Å². The Kier molecular flexibility index (Phi) is 5.04. The molecular weight excluding hydrogens is 383 g/mol. The molecule has 30 heavy (non-hydrogen) atoms. The molecule has 1 aromatic heterocycles. The molecule has 4 rings (SSSR count). The van der Waals surface area contributed by atoms with Crippen molar-refractivity contribution in [1.29, 1.82) is 0 Å². The van der Waals surface area contributed by atoms with Gasteiger partial charge in [0.1, 0.15) is 5.82 Å². The first-order valence-corrected chi connectivity index (χ1v) is 9.97. The lowest BCUT2D eigenvalue weighted by atomic mass is 9.92. The summed E-state index contributed by atoms with van der Waals surface area (Å²) >= 11 is 0. The maximum absolute atomic E-state index is 13.2. The molecule has 2 N–H and O–H groups in total. The molecule has 7 heteroatoms. The van der Waals surface area contributed by atoms with Gasteiger partial charge in [0.15, 0.2) is 5.69 Å². The molecule has 1 amide bonds. The first-order valence-electron chi connectivity index (χ1n) is 9.97. The highest BCUT2D eigenvalue weighted by atomic mass is 19.1. The van der Waals surface area contributed by atoms with E-state index < -0.39 is 11.4 Å². The van der Waals surface area contributed by atoms with Crippen LogP contribution in [0.25, 0.3) is 15.9 Å². The number of hydrogen-bond acceptors (Lipinski definition) is 3. The number of fused-ring (bicyclic) bond motifs is 1. The largest absolute Gasteiger partial charge is 0.385 e. The SMILES string of the molecule is [C-]#[N+]c1cc2c(cc1C)nc(NC(=O)C[C@](C)(O)c1ccc(F)cc1)n2C1CCC1. The zero-order valence-corrected chi connectivity index (χ0v) is 16.9. The molecule has 1 aliphatic carbocycles. The average Bonchev–Trinajstić information content (AvgIpc) is 2.96. The molecule has 1 fully saturated rings. The van der Waals surface area contributed by atoms with Crippen molar-refractivity contribution >= 4 is 28.6 Å². The highest BCUT2D eigenvalue weighted by molar-refractivity contribution is 5.93. The topological polar surface area (TPSA) is 71.5 Å². The van der Waals surface area contributed by atoms with Gasteiger partial charge in [-0.25, -0.2) is 14.2 Å². The molecule has 0 saturated heterocycles. The van der Waals surface area contributed by atoms with Crippen molar-refractivity contribution in [3.05, 3.63) is 64.8 Å². The number of halogens is 1. The fraction of sp³-hybridized carbons (Fsp3) is 0.348. The van der Waals surface area contributed by atoms with Crippen LogP contribution in [0.2, 0.25) is 0 Å². The lowest BCUT2D eigenvalue weighted by Gasteiger charge is -2.29. The fourth-order valence-electron chi connectivity index (χ4n) is 3.85. The number of benzene rings is 2. The minimum absolute atomic E-state index is 0.196. The van der Waals surface area contributed by atoms with Crippen molar-refractivity contribution in [2.75, 3.05) is 5.32 Å². The third-order valence-electron chi connectivity index (χ3n) is 5.79. The van der Waals surface area contributed by atoms with Crippen LogP contribution in [-0.2, 0) is 10.4 Å². The summed E-state index contributed by atoms with van der Waals surface area (Å²) in [5.41, 5.74) is 1.99. The second-order valence-electron chi connectivity index (χ2n) is 8.14. The Hall–Kier alpha value is -3.24. The standard InChI is InChI=1S/C23H23FN4O2/c1-14-11-19-20(12-18(14)25-3)28(17-5-4-6-17)22(26-19)27-21(29)13-23(2,30)15-7-9-16(24)10-8-15/h7-12,17,30H,4-6,13H2,1-2H3,(H,26,27,29)/t23-/m0/s1. The van der Waals surface area contributed by atoms with Gasteiger partial charge in [0, 0.05) is 6.04 Å². The van der Waals surface area contributed by atoms with Gasteiger partial charge < -0.3 is 9.67 Å². The van der Waals surface area contributed by atoms with Crippen molar-refractivity contribution in [3.8, 4) is 0 Å². The van der Waals surface area contributed by atoms with Crippen molar-refractivity contribution in [1.82, 2.24) is 9.55 Å². The number of carbonyl (C=O) groups excluding carboxylic acids is 1. The summed E-state index contributed by atoms with van der Waals surface area (Å²) in [4.78, 5) is 21.0. The molecule has 3 aromatic rings. The molecule has 0 spiro atoms. The normalized spacial score (nSPS) is 16.0. The average molecular weight is 406 g/mol. The Morgan fingerprint density at radius 1 is 1.37 bits per heavy atom. The molecular formula is C23H23FN4O2. The summed E-state index contributed by atoms with van der Waals surface area (Å²) in [7, 11) is 0. The maximum atomic E-state index is 13.2. The summed E-state index contributed by atoms with van der Waals surface area (Å²) in [5.74, 6) is -0.360. The molecule has 1 saturated carbocycles. The van der Waals surface area contributed by atoms with Gasteiger partial charge in [0.05, 0.1) is 29.6 Å². The van der Waals surface area contributed by atoms with Crippen molar-refractivity contribution in [2.24, 2.45) is 0 Å². The first-order chi connectivity index (χ1) is 14.3. The summed E-state index contributed by atoms with van der Waals surface area (Å²) < 4.78 is 15.2. The molecule has 0 bridgehead atoms. The lowest BCUT2D eigenvalue weighted by molar-refractivity contribution is -0.120. The van der Waals surface area contributed by atoms with Gasteiger partial charge in [0.25, 0.3) is 0 Å². The Morgan fingerprint density at radius 3 is 2.67 bits per heavy atom. The van der Waals surface area contributed by atoms with Crippen LogP contribution in [0.1, 0.15) is 49.8 Å². The van der Waals surface area contributed by atoms with Crippen LogP contribution in [0.3, 0.4) is 0 Å². The smallest absolute Gasteiger partial charge is 0.229 e. The molecule has 6 nitrogen and oxygen atoms in total. The molecule has 0 radical (unpaired) electrons. The second kappa shape index (κ2) is 7.54. The number of aliphatic hydroxyl groups is 1. The van der Waals surface area contributed by atoms with E-state index in [1.807, 2.05) is 23.6 Å². The van der Waals surface area contributed by atoms with Crippen molar-refractivity contribution in [2.45, 2.75) is 51.2 Å². The van der Waals surface area contributed by atoms with Gasteiger partial charge >= 0.3 is 0 Å². The third-order valence-corrected chi connectivity index (χ3v) is 5.79. The molecule has 1 heterocycles. The Balaban J connectivity index is 1.63. The molecule has 1 atom stereocenters. The number of nitrogens with one attached hydrogen (secondary N) is 1. The third kappa shape index (κ3) is 3.66. The number of imidazole rings is 1. The zero-order valence-electron chi connectivity index (χ0n) is 16.9. The van der Waals surface area contributed by atoms with E-state index in [1.54, 1.807) is 0 Å². The summed E-state index contributed by atoms with van der Waals surface area (Å²) in [5, 5.41) is 13.6. The van der Waals surface area contributed by atoms with Crippen LogP contribution in [0.5, 0.6) is 0 Å². The number of aromatic nitrogens is 2. The number of anilines is 1. The highest BCUT2D eigenvalue weighted by Crippen LogP contribution is 2.39. The Morgan fingerprint density at radius 2 is 2.07 bits per heavy atom. The number of aryl methyl sites for hydroxylation is 1. The van der Waals surface area contributed by atoms with Crippen LogP contribution in [0, 0.1) is 19.3 Å². The summed E-state index contributed by atoms with van der Waals surface area (Å²) in [6, 6.07) is 9.38. The van der Waals surface area contributed by atoms with E-state index in [-0.39, 0.29) is 18.4 Å². The van der Waals surface area contributed by atoms with E-state index in [9.17, 15) is 14.3 Å². The van der Waals surface area contributed by atoms with E-state index in [0.29, 0.717) is 17.2 Å². The van der Waals surface area contributed by atoms with Crippen LogP contribution in [0.15, 0.2) is 36.4 Å². The minimum Gasteiger partial charge on any atom is -0.385 e. The quantitative estimate of drug-likeness (QED) is 0.586. The van der Waals surface area contributed by atoms with Gasteiger partial charge in [-0.15, -0.1) is 0 Å². The van der Waals surface area contributed by atoms with Gasteiger partial charge in [-0.1, -0.05) is 12.1 Å². The van der Waals surface area contributed by atoms with Gasteiger partial charge in [-0.3, -0.25) is 10.1 Å². The molecule has 1 aliphatic rings. The molecule has 2 aromatic carbocycles. The predicted octanol–water partition coefficient (Wildman–Crippen LogP) is 5.00. The van der Waals surface area contributed by atoms with Crippen LogP contribution < -0.4 is 5.32 Å². The Labute approximate surface area is 174 Å². The molecule has 0 aliphatic heterocycles. The van der Waals surface area contributed by atoms with Gasteiger partial charge in [-0.2, -0.15) is 0 Å². The van der Waals surface area contributed by atoms with E-state index in [0.717, 1.165) is 35.9 Å². The van der Waals surface area contributed by atoms with Gasteiger partial charge in [-0.05, 0) is 68.5 Å². The predicted molar refractivity (Wildman–Crippen MR) is 113 cm³/mol. The van der Waals surface area contributed by atoms with Crippen molar-refractivity contribution in [3.63, 3.8) is 0 Å². The second-order valence-corrected chi connectivity index (χ2v) is 8.14. The van der Waals surface area contributed by atoms with Gasteiger partial charge in [0.2, 0.25) is 11.9 Å². The first kappa shape index (κ1) is 20.0. The number of hydrogen-bond donors (Lipinski definition) is 2. The number of nitrogens with zero attached hydrogens (tertiary/aromatic N) is 3. The number of carbonyl (C=O) groups is 1. The summed E-state index contributed by atoms with van der Waals surface area (Å²) in [6.45, 7) is 10.8. The fourth-order valence-corrected chi connectivity index (χ4v) is 3.85. The Bertz CT molecular complexity index is 1150. The van der Waals surface area contributed by atoms with E-state index in [4.69, 9.17) is 6.57 Å². The molecule has 154 valence electrons. The van der Waals surface area contributed by atoms with E-state index in [2.05, 4.69) is 15.1 Å². The lowest BCUT2D eigenvalue weighted by Crippen LogP contribution is -2.30. The monoisotopic (exact) mass is 406 g/mol. The maximum Gasteiger partial charge on any atom is 0.229 e. The summed E-state index contributed by atoms with van der Waals surface area (Å²) in [6.07, 6.45) is 2.89. The van der Waals surface area contributed by atoms with Crippen LogP contribution >= 0.6 is 0 Å². The van der Waals surface area contributed by atoms with E-state index in [1.165, 1.54) is 31.2 Å². The number of rotatable bonds is 5. The zero-order chi connectivity index (χ0) is 21.5. The van der Waals surface area contributed by atoms with Crippen LogP contribution in [-0.4, -0.2) is 20.6 Å².